The Hall–Kier alpha value is -1.32. The highest BCUT2D eigenvalue weighted by Crippen LogP contribution is 2.29. The average Bonchev–Trinajstić information content (AvgIpc) is 2.42. The lowest BCUT2D eigenvalue weighted by atomic mass is 9.83. The Bertz CT molecular complexity index is 391. The summed E-state index contributed by atoms with van der Waals surface area (Å²) in [5.41, 5.74) is 1.12. The molecule has 1 fully saturated rings. The molecule has 0 aliphatic heterocycles. The van der Waals surface area contributed by atoms with Crippen LogP contribution >= 0.6 is 0 Å². The molecule has 100 valence electrons. The molecule has 1 aliphatic rings. The minimum atomic E-state index is 0.571. The van der Waals surface area contributed by atoms with Gasteiger partial charge in [-0.15, -0.1) is 0 Å². The number of aryl methyl sites for hydroxylation is 1. The third-order valence-electron chi connectivity index (χ3n) is 3.95. The van der Waals surface area contributed by atoms with E-state index < -0.39 is 0 Å². The Morgan fingerprint density at radius 3 is 2.83 bits per heavy atom. The molecule has 1 aromatic heterocycles. The fourth-order valence-electron chi connectivity index (χ4n) is 2.77. The van der Waals surface area contributed by atoms with Crippen LogP contribution in [0.1, 0.15) is 44.6 Å². The monoisotopic (exact) mass is 248 g/mol. The quantitative estimate of drug-likeness (QED) is 0.859. The molecule has 1 saturated carbocycles. The molecule has 0 saturated heterocycles. The lowest BCUT2D eigenvalue weighted by Crippen LogP contribution is -2.32. The van der Waals surface area contributed by atoms with Crippen molar-refractivity contribution in [2.75, 3.05) is 17.7 Å². The Morgan fingerprint density at radius 1 is 1.33 bits per heavy atom. The van der Waals surface area contributed by atoms with Gasteiger partial charge < -0.3 is 10.6 Å². The first-order valence-electron chi connectivity index (χ1n) is 7.02. The molecule has 1 heterocycles. The molecule has 0 amide bonds. The lowest BCUT2D eigenvalue weighted by molar-refractivity contribution is 0.316. The third-order valence-corrected chi connectivity index (χ3v) is 3.95. The van der Waals surface area contributed by atoms with Gasteiger partial charge in [0, 0.05) is 24.8 Å². The van der Waals surface area contributed by atoms with E-state index in [1.54, 1.807) is 0 Å². The zero-order chi connectivity index (χ0) is 13.0. The maximum atomic E-state index is 4.52. The molecule has 4 heteroatoms. The summed E-state index contributed by atoms with van der Waals surface area (Å²) in [7, 11) is 1.85. The summed E-state index contributed by atoms with van der Waals surface area (Å²) in [6.45, 7) is 4.35. The summed E-state index contributed by atoms with van der Waals surface area (Å²) in [6.07, 6.45) is 8.44. The summed E-state index contributed by atoms with van der Waals surface area (Å²) in [6, 6.07) is 0.571. The van der Waals surface area contributed by atoms with Gasteiger partial charge in [0.25, 0.3) is 0 Å². The molecule has 2 unspecified atom stereocenters. The molecule has 0 spiro atoms. The number of hydrogen-bond acceptors (Lipinski definition) is 4. The molecule has 1 aromatic rings. The van der Waals surface area contributed by atoms with Gasteiger partial charge in [0.05, 0.1) is 0 Å². The van der Waals surface area contributed by atoms with Crippen LogP contribution in [0.4, 0.5) is 11.8 Å². The van der Waals surface area contributed by atoms with Crippen LogP contribution in [0, 0.1) is 12.8 Å². The smallest absolute Gasteiger partial charge is 0.224 e. The van der Waals surface area contributed by atoms with Gasteiger partial charge in [-0.05, 0) is 25.7 Å². The molecule has 1 aliphatic carbocycles. The number of hydrogen-bond donors (Lipinski definition) is 2. The van der Waals surface area contributed by atoms with Crippen LogP contribution < -0.4 is 10.6 Å². The fourth-order valence-corrected chi connectivity index (χ4v) is 2.77. The van der Waals surface area contributed by atoms with Gasteiger partial charge in [-0.2, -0.15) is 4.98 Å². The van der Waals surface area contributed by atoms with E-state index in [4.69, 9.17) is 0 Å². The van der Waals surface area contributed by atoms with E-state index in [0.717, 1.165) is 17.3 Å². The number of rotatable bonds is 4. The van der Waals surface area contributed by atoms with Crippen LogP contribution in [-0.4, -0.2) is 23.1 Å². The van der Waals surface area contributed by atoms with Crippen molar-refractivity contribution in [2.45, 2.75) is 52.0 Å². The summed E-state index contributed by atoms with van der Waals surface area (Å²) in [5, 5.41) is 6.63. The van der Waals surface area contributed by atoms with E-state index in [9.17, 15) is 0 Å². The summed E-state index contributed by atoms with van der Waals surface area (Å²) < 4.78 is 0. The van der Waals surface area contributed by atoms with Gasteiger partial charge in [-0.1, -0.05) is 26.2 Å². The number of aromatic nitrogens is 2. The highest BCUT2D eigenvalue weighted by molar-refractivity contribution is 5.47. The molecule has 0 radical (unpaired) electrons. The second kappa shape index (κ2) is 6.03. The summed E-state index contributed by atoms with van der Waals surface area (Å²) >= 11 is 0. The Labute approximate surface area is 110 Å². The third kappa shape index (κ3) is 2.92. The van der Waals surface area contributed by atoms with Crippen LogP contribution in [0.25, 0.3) is 0 Å². The predicted octanol–water partition coefficient (Wildman–Crippen LogP) is 3.21. The largest absolute Gasteiger partial charge is 0.367 e. The standard InChI is InChI=1S/C14H24N4/c1-4-11-7-5-6-8-12(11)17-13-10(2)9-16-14(15-3)18-13/h9,11-12H,4-8H2,1-3H3,(H2,15,16,17,18). The number of nitrogens with one attached hydrogen (secondary N) is 2. The molecule has 2 N–H and O–H groups in total. The molecule has 2 atom stereocenters. The normalized spacial score (nSPS) is 23.7. The summed E-state index contributed by atoms with van der Waals surface area (Å²) in [5.74, 6) is 2.46. The first-order chi connectivity index (χ1) is 8.74. The minimum absolute atomic E-state index is 0.571. The Morgan fingerprint density at radius 2 is 2.11 bits per heavy atom. The zero-order valence-electron chi connectivity index (χ0n) is 11.7. The van der Waals surface area contributed by atoms with Crippen molar-refractivity contribution in [3.05, 3.63) is 11.8 Å². The number of nitrogens with zero attached hydrogens (tertiary/aromatic N) is 2. The Balaban J connectivity index is 2.11. The minimum Gasteiger partial charge on any atom is -0.367 e. The molecular weight excluding hydrogens is 224 g/mol. The second-order valence-electron chi connectivity index (χ2n) is 5.18. The van der Waals surface area contributed by atoms with Crippen molar-refractivity contribution < 1.29 is 0 Å². The first kappa shape index (κ1) is 13.1. The molecule has 0 bridgehead atoms. The van der Waals surface area contributed by atoms with E-state index >= 15 is 0 Å². The highest BCUT2D eigenvalue weighted by Gasteiger charge is 2.24. The van der Waals surface area contributed by atoms with Crippen LogP contribution in [-0.2, 0) is 0 Å². The molecular formula is C14H24N4. The maximum Gasteiger partial charge on any atom is 0.224 e. The zero-order valence-corrected chi connectivity index (χ0v) is 11.7. The van der Waals surface area contributed by atoms with Crippen LogP contribution in [0.3, 0.4) is 0 Å². The van der Waals surface area contributed by atoms with Crippen LogP contribution in [0.2, 0.25) is 0 Å². The van der Waals surface area contributed by atoms with Crippen molar-refractivity contribution in [1.29, 1.82) is 0 Å². The van der Waals surface area contributed by atoms with Crippen molar-refractivity contribution in [2.24, 2.45) is 5.92 Å². The predicted molar refractivity (Wildman–Crippen MR) is 76.0 cm³/mol. The van der Waals surface area contributed by atoms with Gasteiger partial charge >= 0.3 is 0 Å². The highest BCUT2D eigenvalue weighted by atomic mass is 15.1. The molecule has 4 nitrogen and oxygen atoms in total. The van der Waals surface area contributed by atoms with E-state index in [1.165, 1.54) is 32.1 Å². The topological polar surface area (TPSA) is 49.8 Å². The lowest BCUT2D eigenvalue weighted by Gasteiger charge is -2.32. The van der Waals surface area contributed by atoms with Crippen molar-refractivity contribution in [1.82, 2.24) is 9.97 Å². The van der Waals surface area contributed by atoms with Gasteiger partial charge in [0.2, 0.25) is 5.95 Å². The van der Waals surface area contributed by atoms with Crippen molar-refractivity contribution in [3.8, 4) is 0 Å². The van der Waals surface area contributed by atoms with Gasteiger partial charge in [-0.25, -0.2) is 4.98 Å². The van der Waals surface area contributed by atoms with Gasteiger partial charge in [-0.3, -0.25) is 0 Å². The van der Waals surface area contributed by atoms with Crippen molar-refractivity contribution >= 4 is 11.8 Å². The Kier molecular flexibility index (Phi) is 4.39. The molecule has 0 aromatic carbocycles. The van der Waals surface area contributed by atoms with E-state index in [1.807, 2.05) is 13.2 Å². The van der Waals surface area contributed by atoms with E-state index in [-0.39, 0.29) is 0 Å². The SMILES string of the molecule is CCC1CCCCC1Nc1nc(NC)ncc1C. The van der Waals surface area contributed by atoms with Gasteiger partial charge in [0.15, 0.2) is 0 Å². The molecule has 18 heavy (non-hydrogen) atoms. The maximum absolute atomic E-state index is 4.52. The fraction of sp³-hybridized carbons (Fsp3) is 0.714. The summed E-state index contributed by atoms with van der Waals surface area (Å²) in [4.78, 5) is 8.75. The average molecular weight is 248 g/mol. The van der Waals surface area contributed by atoms with E-state index in [0.29, 0.717) is 12.0 Å². The number of anilines is 2. The molecule has 2 rings (SSSR count). The second-order valence-corrected chi connectivity index (χ2v) is 5.18. The first-order valence-corrected chi connectivity index (χ1v) is 7.02. The van der Waals surface area contributed by atoms with Crippen LogP contribution in [0.15, 0.2) is 6.20 Å². The van der Waals surface area contributed by atoms with Gasteiger partial charge in [0.1, 0.15) is 5.82 Å². The van der Waals surface area contributed by atoms with E-state index in [2.05, 4.69) is 34.4 Å². The van der Waals surface area contributed by atoms with Crippen molar-refractivity contribution in [3.63, 3.8) is 0 Å². The van der Waals surface area contributed by atoms with Crippen LogP contribution in [0.5, 0.6) is 0 Å².